The second-order valence-corrected chi connectivity index (χ2v) is 4.73. The molecule has 0 saturated carbocycles. The Morgan fingerprint density at radius 1 is 1.21 bits per heavy atom. The maximum Gasteiger partial charge on any atom is 0.248 e. The van der Waals surface area contributed by atoms with Gasteiger partial charge in [0.2, 0.25) is 5.91 Å². The third-order valence-electron chi connectivity index (χ3n) is 2.53. The van der Waals surface area contributed by atoms with E-state index in [2.05, 4.69) is 27.3 Å². The summed E-state index contributed by atoms with van der Waals surface area (Å²) in [5.41, 5.74) is 7.81. The zero-order valence-electron chi connectivity index (χ0n) is 9.85. The van der Waals surface area contributed by atoms with E-state index in [0.717, 1.165) is 11.4 Å². The zero-order valence-corrected chi connectivity index (χ0v) is 11.4. The molecule has 4 nitrogen and oxygen atoms in total. The van der Waals surface area contributed by atoms with Crippen LogP contribution in [0.1, 0.15) is 15.9 Å². The minimum Gasteiger partial charge on any atom is -0.366 e. The topological polar surface area (TPSA) is 78.9 Å². The molecule has 0 atom stereocenters. The van der Waals surface area contributed by atoms with Crippen LogP contribution in [0.25, 0.3) is 0 Å². The van der Waals surface area contributed by atoms with E-state index in [1.54, 1.807) is 36.4 Å². The monoisotopic (exact) mass is 315 g/mol. The molecule has 0 bridgehead atoms. The molecule has 3 N–H and O–H groups in total. The van der Waals surface area contributed by atoms with Crippen LogP contribution in [0.15, 0.2) is 46.9 Å². The van der Waals surface area contributed by atoms with Crippen molar-refractivity contribution in [3.05, 3.63) is 58.1 Å². The van der Waals surface area contributed by atoms with Gasteiger partial charge in [-0.05, 0) is 52.3 Å². The third-order valence-corrected chi connectivity index (χ3v) is 3.18. The fourth-order valence-corrected chi connectivity index (χ4v) is 2.07. The van der Waals surface area contributed by atoms with Gasteiger partial charge in [-0.15, -0.1) is 0 Å². The zero-order chi connectivity index (χ0) is 13.8. The lowest BCUT2D eigenvalue weighted by atomic mass is 10.1. The molecular weight excluding hydrogens is 306 g/mol. The number of carbonyl (C=O) groups is 1. The second kappa shape index (κ2) is 5.55. The van der Waals surface area contributed by atoms with Crippen molar-refractivity contribution in [3.63, 3.8) is 0 Å². The van der Waals surface area contributed by atoms with Crippen molar-refractivity contribution in [2.24, 2.45) is 5.73 Å². The highest BCUT2D eigenvalue weighted by atomic mass is 79.9. The molecule has 2 aromatic rings. The van der Waals surface area contributed by atoms with Gasteiger partial charge in [-0.2, -0.15) is 5.26 Å². The number of benzene rings is 2. The van der Waals surface area contributed by atoms with Gasteiger partial charge in [-0.3, -0.25) is 4.79 Å². The third kappa shape index (κ3) is 3.12. The number of hydrogen-bond donors (Lipinski definition) is 2. The highest BCUT2D eigenvalue weighted by Crippen LogP contribution is 2.24. The first-order chi connectivity index (χ1) is 9.10. The molecule has 0 aromatic heterocycles. The number of nitrogens with zero attached hydrogens (tertiary/aromatic N) is 1. The number of nitrogens with two attached hydrogens (primary N) is 1. The van der Waals surface area contributed by atoms with Crippen LogP contribution >= 0.6 is 15.9 Å². The van der Waals surface area contributed by atoms with E-state index < -0.39 is 5.91 Å². The van der Waals surface area contributed by atoms with Gasteiger partial charge in [0.1, 0.15) is 6.07 Å². The van der Waals surface area contributed by atoms with E-state index in [4.69, 9.17) is 11.0 Å². The van der Waals surface area contributed by atoms with Gasteiger partial charge < -0.3 is 11.1 Å². The number of nitriles is 1. The minimum atomic E-state index is -0.468. The van der Waals surface area contributed by atoms with Crippen LogP contribution in [0.3, 0.4) is 0 Å². The fourth-order valence-electron chi connectivity index (χ4n) is 1.60. The number of rotatable bonds is 3. The van der Waals surface area contributed by atoms with Crippen molar-refractivity contribution in [2.75, 3.05) is 5.32 Å². The molecule has 1 amide bonds. The summed E-state index contributed by atoms with van der Waals surface area (Å²) in [5.74, 6) is -0.468. The van der Waals surface area contributed by atoms with Gasteiger partial charge in [0.15, 0.2) is 0 Å². The SMILES string of the molecule is N#Cc1ccc(Nc2cccc(C(N)=O)c2)cc1Br. The Balaban J connectivity index is 2.26. The maximum atomic E-state index is 11.1. The van der Waals surface area contributed by atoms with Gasteiger partial charge in [-0.25, -0.2) is 0 Å². The lowest BCUT2D eigenvalue weighted by Crippen LogP contribution is -2.10. The molecule has 0 aliphatic heterocycles. The molecule has 0 saturated heterocycles. The lowest BCUT2D eigenvalue weighted by Gasteiger charge is -2.08. The predicted octanol–water partition coefficient (Wildman–Crippen LogP) is 3.16. The fraction of sp³-hybridized carbons (Fsp3) is 0. The van der Waals surface area contributed by atoms with Gasteiger partial charge >= 0.3 is 0 Å². The number of primary amides is 1. The van der Waals surface area contributed by atoms with Gasteiger partial charge in [0.05, 0.1) is 5.56 Å². The molecule has 0 aliphatic carbocycles. The van der Waals surface area contributed by atoms with Crippen LogP contribution in [-0.2, 0) is 0 Å². The first-order valence-corrected chi connectivity index (χ1v) is 6.26. The van der Waals surface area contributed by atoms with Crippen LogP contribution in [0.5, 0.6) is 0 Å². The Hall–Kier alpha value is -2.32. The van der Waals surface area contributed by atoms with Gasteiger partial charge in [0, 0.05) is 21.4 Å². The summed E-state index contributed by atoms with van der Waals surface area (Å²) in [5, 5.41) is 12.0. The van der Waals surface area contributed by atoms with E-state index in [0.29, 0.717) is 15.6 Å². The predicted molar refractivity (Wildman–Crippen MR) is 77.1 cm³/mol. The first kappa shape index (κ1) is 13.1. The van der Waals surface area contributed by atoms with Crippen molar-refractivity contribution in [1.29, 1.82) is 5.26 Å². The van der Waals surface area contributed by atoms with Crippen LogP contribution in [-0.4, -0.2) is 5.91 Å². The standard InChI is InChI=1S/C14H10BrN3O/c15-13-7-12(5-4-10(13)8-16)18-11-3-1-2-9(6-11)14(17)19/h1-7,18H,(H2,17,19). The quantitative estimate of drug-likeness (QED) is 0.913. The highest BCUT2D eigenvalue weighted by Gasteiger charge is 2.03. The normalized spacial score (nSPS) is 9.68. The molecule has 19 heavy (non-hydrogen) atoms. The van der Waals surface area contributed by atoms with E-state index in [1.807, 2.05) is 6.07 Å². The second-order valence-electron chi connectivity index (χ2n) is 3.88. The number of carbonyl (C=O) groups excluding carboxylic acids is 1. The van der Waals surface area contributed by atoms with Crippen LogP contribution in [0, 0.1) is 11.3 Å². The van der Waals surface area contributed by atoms with E-state index in [1.165, 1.54) is 0 Å². The first-order valence-electron chi connectivity index (χ1n) is 5.46. The average molecular weight is 316 g/mol. The molecule has 0 unspecified atom stereocenters. The van der Waals surface area contributed by atoms with Crippen molar-refractivity contribution in [3.8, 4) is 6.07 Å². The van der Waals surface area contributed by atoms with Gasteiger partial charge in [-0.1, -0.05) is 6.07 Å². The number of halogens is 1. The summed E-state index contributed by atoms with van der Waals surface area (Å²) < 4.78 is 0.714. The number of anilines is 2. The van der Waals surface area contributed by atoms with E-state index >= 15 is 0 Å². The Morgan fingerprint density at radius 2 is 1.95 bits per heavy atom. The van der Waals surface area contributed by atoms with Crippen molar-refractivity contribution >= 4 is 33.2 Å². The van der Waals surface area contributed by atoms with Crippen molar-refractivity contribution < 1.29 is 4.79 Å². The molecule has 0 fully saturated rings. The minimum absolute atomic E-state index is 0.442. The molecule has 0 radical (unpaired) electrons. The summed E-state index contributed by atoms with van der Waals surface area (Å²) in [4.78, 5) is 11.1. The molecule has 94 valence electrons. The van der Waals surface area contributed by atoms with Crippen molar-refractivity contribution in [2.45, 2.75) is 0 Å². The summed E-state index contributed by atoms with van der Waals surface area (Å²) in [6, 6.07) is 14.3. The van der Waals surface area contributed by atoms with E-state index in [-0.39, 0.29) is 0 Å². The maximum absolute atomic E-state index is 11.1. The molecular formula is C14H10BrN3O. The van der Waals surface area contributed by atoms with Gasteiger partial charge in [0.25, 0.3) is 0 Å². The molecule has 5 heteroatoms. The highest BCUT2D eigenvalue weighted by molar-refractivity contribution is 9.10. The molecule has 0 aliphatic rings. The van der Waals surface area contributed by atoms with Crippen LogP contribution < -0.4 is 11.1 Å². The summed E-state index contributed by atoms with van der Waals surface area (Å²) in [6.45, 7) is 0. The number of hydrogen-bond acceptors (Lipinski definition) is 3. The Labute approximate surface area is 119 Å². The summed E-state index contributed by atoms with van der Waals surface area (Å²) >= 11 is 3.32. The van der Waals surface area contributed by atoms with Crippen molar-refractivity contribution in [1.82, 2.24) is 0 Å². The molecule has 2 rings (SSSR count). The number of amides is 1. The average Bonchev–Trinajstić information content (AvgIpc) is 2.39. The largest absolute Gasteiger partial charge is 0.366 e. The Bertz CT molecular complexity index is 677. The Kier molecular flexibility index (Phi) is 3.83. The van der Waals surface area contributed by atoms with Crippen LogP contribution in [0.4, 0.5) is 11.4 Å². The molecule has 0 spiro atoms. The molecule has 0 heterocycles. The summed E-state index contributed by atoms with van der Waals surface area (Å²) in [6.07, 6.45) is 0. The smallest absolute Gasteiger partial charge is 0.248 e. The lowest BCUT2D eigenvalue weighted by molar-refractivity contribution is 0.100. The summed E-state index contributed by atoms with van der Waals surface area (Å²) in [7, 11) is 0. The van der Waals surface area contributed by atoms with E-state index in [9.17, 15) is 4.79 Å². The number of nitrogens with one attached hydrogen (secondary N) is 1. The van der Waals surface area contributed by atoms with Crippen LogP contribution in [0.2, 0.25) is 0 Å². The molecule has 2 aromatic carbocycles. The Morgan fingerprint density at radius 3 is 2.58 bits per heavy atom.